The molecule has 0 atom stereocenters. The van der Waals surface area contributed by atoms with E-state index in [2.05, 4.69) is 27.3 Å². The molecular formula is C20H21FN4O2. The van der Waals surface area contributed by atoms with Crippen LogP contribution in [-0.4, -0.2) is 40.1 Å². The number of nitrogens with zero attached hydrogens (tertiary/aromatic N) is 4. The van der Waals surface area contributed by atoms with Crippen molar-refractivity contribution in [2.24, 2.45) is 0 Å². The molecule has 0 amide bonds. The Labute approximate surface area is 157 Å². The van der Waals surface area contributed by atoms with Gasteiger partial charge in [-0.3, -0.25) is 4.90 Å². The maximum atomic E-state index is 12.9. The van der Waals surface area contributed by atoms with Crippen molar-refractivity contribution in [3.8, 4) is 11.5 Å². The third-order valence-corrected chi connectivity index (χ3v) is 4.61. The molecule has 0 aliphatic carbocycles. The van der Waals surface area contributed by atoms with Gasteiger partial charge < -0.3 is 9.47 Å². The maximum Gasteiger partial charge on any atom is 0.134 e. The van der Waals surface area contributed by atoms with Crippen molar-refractivity contribution >= 4 is 0 Å². The van der Waals surface area contributed by atoms with Gasteiger partial charge in [-0.2, -0.15) is 0 Å². The number of rotatable bonds is 7. The van der Waals surface area contributed by atoms with Crippen LogP contribution >= 0.6 is 0 Å². The van der Waals surface area contributed by atoms with Crippen molar-refractivity contribution in [3.05, 3.63) is 71.8 Å². The zero-order valence-electron chi connectivity index (χ0n) is 15.1. The fourth-order valence-electron chi connectivity index (χ4n) is 3.11. The van der Waals surface area contributed by atoms with E-state index in [1.165, 1.54) is 17.7 Å². The first-order chi connectivity index (χ1) is 13.2. The van der Waals surface area contributed by atoms with Crippen molar-refractivity contribution in [1.29, 1.82) is 0 Å². The van der Waals surface area contributed by atoms with Gasteiger partial charge in [0.1, 0.15) is 29.6 Å². The predicted octanol–water partition coefficient (Wildman–Crippen LogP) is 3.06. The molecule has 1 saturated heterocycles. The number of aromatic nitrogens is 3. The van der Waals surface area contributed by atoms with Gasteiger partial charge in [0.2, 0.25) is 0 Å². The average Bonchev–Trinajstić information content (AvgIpc) is 3.12. The second kappa shape index (κ2) is 7.75. The molecule has 2 aromatic carbocycles. The Kier molecular flexibility index (Phi) is 5.02. The summed E-state index contributed by atoms with van der Waals surface area (Å²) in [6.45, 7) is 3.06. The molecule has 27 heavy (non-hydrogen) atoms. The minimum Gasteiger partial charge on any atom is -0.497 e. The van der Waals surface area contributed by atoms with Gasteiger partial charge in [0.25, 0.3) is 0 Å². The SMILES string of the molecule is COc1cccc(CN2CC(n3cc(COc4ccc(F)cc4)nn3)C2)c1. The Bertz CT molecular complexity index is 891. The van der Waals surface area contributed by atoms with Gasteiger partial charge in [-0.25, -0.2) is 9.07 Å². The lowest BCUT2D eigenvalue weighted by Gasteiger charge is -2.38. The molecule has 140 valence electrons. The van der Waals surface area contributed by atoms with Crippen molar-refractivity contribution in [2.75, 3.05) is 20.2 Å². The molecule has 6 nitrogen and oxygen atoms in total. The lowest BCUT2D eigenvalue weighted by atomic mass is 10.1. The normalized spacial score (nSPS) is 14.7. The Morgan fingerprint density at radius 1 is 1.11 bits per heavy atom. The number of methoxy groups -OCH3 is 1. The standard InChI is InChI=1S/C20H21FN4O2/c1-26-20-4-2-3-15(9-20)10-24-12-18(13-24)25-11-17(22-23-25)14-27-19-7-5-16(21)6-8-19/h2-9,11,18H,10,12-14H2,1H3. The van der Waals surface area contributed by atoms with Crippen LogP contribution in [0, 0.1) is 5.82 Å². The van der Waals surface area contributed by atoms with Gasteiger partial charge in [0.15, 0.2) is 0 Å². The first-order valence-electron chi connectivity index (χ1n) is 8.84. The summed E-state index contributed by atoms with van der Waals surface area (Å²) in [5, 5.41) is 8.38. The molecule has 4 rings (SSSR count). The lowest BCUT2D eigenvalue weighted by molar-refractivity contribution is 0.0895. The summed E-state index contributed by atoms with van der Waals surface area (Å²) in [5.74, 6) is 1.21. The molecule has 1 aromatic heterocycles. The van der Waals surface area contributed by atoms with Crippen LogP contribution in [0.4, 0.5) is 4.39 Å². The summed E-state index contributed by atoms with van der Waals surface area (Å²) in [7, 11) is 1.68. The predicted molar refractivity (Wildman–Crippen MR) is 98.1 cm³/mol. The molecular weight excluding hydrogens is 347 g/mol. The Morgan fingerprint density at radius 3 is 2.70 bits per heavy atom. The highest BCUT2D eigenvalue weighted by molar-refractivity contribution is 5.28. The molecule has 0 spiro atoms. The topological polar surface area (TPSA) is 52.4 Å². The summed E-state index contributed by atoms with van der Waals surface area (Å²) in [6, 6.07) is 14.4. The highest BCUT2D eigenvalue weighted by atomic mass is 19.1. The molecule has 7 heteroatoms. The van der Waals surface area contributed by atoms with Gasteiger partial charge in [-0.15, -0.1) is 5.10 Å². The van der Waals surface area contributed by atoms with Crippen molar-refractivity contribution in [3.63, 3.8) is 0 Å². The average molecular weight is 368 g/mol. The third-order valence-electron chi connectivity index (χ3n) is 4.61. The van der Waals surface area contributed by atoms with E-state index in [1.54, 1.807) is 19.2 Å². The van der Waals surface area contributed by atoms with Gasteiger partial charge in [0, 0.05) is 19.6 Å². The van der Waals surface area contributed by atoms with Crippen LogP contribution in [0.15, 0.2) is 54.7 Å². The number of halogens is 1. The fourth-order valence-corrected chi connectivity index (χ4v) is 3.11. The molecule has 1 fully saturated rings. The molecule has 2 heterocycles. The Balaban J connectivity index is 1.26. The van der Waals surface area contributed by atoms with Crippen molar-refractivity contribution in [2.45, 2.75) is 19.2 Å². The van der Waals surface area contributed by atoms with Crippen LogP contribution < -0.4 is 9.47 Å². The van der Waals surface area contributed by atoms with Crippen LogP contribution in [0.5, 0.6) is 11.5 Å². The summed E-state index contributed by atoms with van der Waals surface area (Å²) in [4.78, 5) is 2.36. The van der Waals surface area contributed by atoms with Crippen LogP contribution in [0.1, 0.15) is 17.3 Å². The monoisotopic (exact) mass is 368 g/mol. The Hall–Kier alpha value is -2.93. The number of likely N-dealkylation sites (tertiary alicyclic amines) is 1. The zero-order valence-corrected chi connectivity index (χ0v) is 15.1. The fraction of sp³-hybridized carbons (Fsp3) is 0.300. The number of hydrogen-bond acceptors (Lipinski definition) is 5. The van der Waals surface area contributed by atoms with E-state index < -0.39 is 0 Å². The molecule has 0 radical (unpaired) electrons. The maximum absolute atomic E-state index is 12.9. The van der Waals surface area contributed by atoms with Crippen molar-refractivity contribution < 1.29 is 13.9 Å². The molecule has 0 unspecified atom stereocenters. The summed E-state index contributed by atoms with van der Waals surface area (Å²) in [5.41, 5.74) is 1.99. The Morgan fingerprint density at radius 2 is 1.93 bits per heavy atom. The van der Waals surface area contributed by atoms with Gasteiger partial charge in [0.05, 0.1) is 19.3 Å². The second-order valence-corrected chi connectivity index (χ2v) is 6.63. The molecule has 0 N–H and O–H groups in total. The zero-order chi connectivity index (χ0) is 18.6. The van der Waals surface area contributed by atoms with Gasteiger partial charge in [-0.05, 0) is 42.0 Å². The van der Waals surface area contributed by atoms with Gasteiger partial charge >= 0.3 is 0 Å². The summed E-state index contributed by atoms with van der Waals surface area (Å²) in [6.07, 6.45) is 1.91. The first kappa shape index (κ1) is 17.5. The molecule has 0 saturated carbocycles. The third kappa shape index (κ3) is 4.25. The second-order valence-electron chi connectivity index (χ2n) is 6.63. The van der Waals surface area contributed by atoms with E-state index in [1.807, 2.05) is 23.0 Å². The lowest BCUT2D eigenvalue weighted by Crippen LogP contribution is -2.47. The minimum atomic E-state index is -0.281. The van der Waals surface area contributed by atoms with E-state index in [4.69, 9.17) is 9.47 Å². The van der Waals surface area contributed by atoms with E-state index >= 15 is 0 Å². The van der Waals surface area contributed by atoms with E-state index in [-0.39, 0.29) is 5.82 Å². The number of hydrogen-bond donors (Lipinski definition) is 0. The van der Waals surface area contributed by atoms with Crippen LogP contribution in [-0.2, 0) is 13.2 Å². The molecule has 1 aliphatic heterocycles. The molecule has 0 bridgehead atoms. The summed E-state index contributed by atoms with van der Waals surface area (Å²) < 4.78 is 25.7. The molecule has 1 aliphatic rings. The highest BCUT2D eigenvalue weighted by Crippen LogP contribution is 2.24. The van der Waals surface area contributed by atoms with Gasteiger partial charge in [-0.1, -0.05) is 17.3 Å². The quantitative estimate of drug-likeness (QED) is 0.642. The largest absolute Gasteiger partial charge is 0.497 e. The first-order valence-corrected chi connectivity index (χ1v) is 8.84. The van der Waals surface area contributed by atoms with E-state index in [9.17, 15) is 4.39 Å². The smallest absolute Gasteiger partial charge is 0.134 e. The van der Waals surface area contributed by atoms with Crippen LogP contribution in [0.25, 0.3) is 0 Å². The van der Waals surface area contributed by atoms with Crippen molar-refractivity contribution in [1.82, 2.24) is 19.9 Å². The van der Waals surface area contributed by atoms with E-state index in [0.29, 0.717) is 18.4 Å². The summed E-state index contributed by atoms with van der Waals surface area (Å²) >= 11 is 0. The van der Waals surface area contributed by atoms with Crippen LogP contribution in [0.3, 0.4) is 0 Å². The minimum absolute atomic E-state index is 0.281. The highest BCUT2D eigenvalue weighted by Gasteiger charge is 2.29. The van der Waals surface area contributed by atoms with Crippen LogP contribution in [0.2, 0.25) is 0 Å². The number of benzene rings is 2. The molecule has 3 aromatic rings. The number of ether oxygens (including phenoxy) is 2. The van der Waals surface area contributed by atoms with E-state index in [0.717, 1.165) is 31.1 Å².